The van der Waals surface area contributed by atoms with Crippen molar-refractivity contribution in [2.45, 2.75) is 17.9 Å². The van der Waals surface area contributed by atoms with Crippen LogP contribution >= 0.6 is 0 Å². The van der Waals surface area contributed by atoms with Crippen molar-refractivity contribution in [3.63, 3.8) is 0 Å². The molecule has 3 N–H and O–H groups in total. The zero-order chi connectivity index (χ0) is 20.9. The Morgan fingerprint density at radius 2 is 1.82 bits per heavy atom. The second-order valence-corrected chi connectivity index (χ2v) is 7.39. The minimum Gasteiger partial charge on any atom is -0.494 e. The summed E-state index contributed by atoms with van der Waals surface area (Å²) in [4.78, 5) is 23.8. The van der Waals surface area contributed by atoms with Gasteiger partial charge in [0.25, 0.3) is 5.91 Å². The number of halogens is 1. The summed E-state index contributed by atoms with van der Waals surface area (Å²) in [5.74, 6) is -2.18. The highest BCUT2D eigenvalue weighted by Crippen LogP contribution is 2.18. The Kier molecular flexibility index (Phi) is 6.71. The van der Waals surface area contributed by atoms with Crippen LogP contribution < -0.4 is 15.2 Å². The highest BCUT2D eigenvalue weighted by molar-refractivity contribution is 7.89. The minimum absolute atomic E-state index is 0.0171. The van der Waals surface area contributed by atoms with Gasteiger partial charge in [0.2, 0.25) is 10.0 Å². The molecule has 2 aromatic rings. The van der Waals surface area contributed by atoms with E-state index in [4.69, 9.17) is 14.6 Å². The Bertz CT molecular complexity index is 976. The second kappa shape index (κ2) is 8.81. The maximum Gasteiger partial charge on any atom is 0.338 e. The average molecular weight is 410 g/mol. The first-order valence-electron chi connectivity index (χ1n) is 8.04. The number of carbonyl (C=O) groups excluding carboxylic acids is 2. The van der Waals surface area contributed by atoms with Crippen LogP contribution in [0.15, 0.2) is 47.4 Å². The number of hydrogen-bond acceptors (Lipinski definition) is 6. The van der Waals surface area contributed by atoms with E-state index in [1.165, 1.54) is 43.5 Å². The van der Waals surface area contributed by atoms with Gasteiger partial charge in [0.1, 0.15) is 0 Å². The number of methoxy groups -OCH3 is 1. The van der Waals surface area contributed by atoms with Crippen molar-refractivity contribution in [2.75, 3.05) is 13.7 Å². The maximum absolute atomic E-state index is 13.6. The largest absolute Gasteiger partial charge is 0.494 e. The lowest BCUT2D eigenvalue weighted by Crippen LogP contribution is -2.31. The van der Waals surface area contributed by atoms with E-state index in [-0.39, 0.29) is 16.2 Å². The van der Waals surface area contributed by atoms with Crippen LogP contribution in [-0.4, -0.2) is 34.0 Å². The average Bonchev–Trinajstić information content (AvgIpc) is 2.65. The van der Waals surface area contributed by atoms with Gasteiger partial charge in [-0.15, -0.1) is 0 Å². The number of esters is 1. The van der Waals surface area contributed by atoms with E-state index in [1.807, 2.05) is 0 Å². The number of sulfonamides is 1. The molecular weight excluding hydrogens is 391 g/mol. The molecule has 0 spiro atoms. The molecular formula is C18H19FN2O6S. The molecule has 28 heavy (non-hydrogen) atoms. The first kappa shape index (κ1) is 21.3. The molecule has 0 heterocycles. The summed E-state index contributed by atoms with van der Waals surface area (Å²) in [5.41, 5.74) is 0.571. The first-order valence-corrected chi connectivity index (χ1v) is 9.59. The molecule has 1 atom stereocenters. The number of rotatable bonds is 7. The van der Waals surface area contributed by atoms with E-state index in [2.05, 4.69) is 5.32 Å². The molecule has 8 nitrogen and oxygen atoms in total. The van der Waals surface area contributed by atoms with E-state index in [0.717, 1.165) is 6.07 Å². The molecule has 0 bridgehead atoms. The maximum atomic E-state index is 13.6. The third-order valence-electron chi connectivity index (χ3n) is 3.81. The molecule has 1 amide bonds. The third kappa shape index (κ3) is 5.51. The number of primary sulfonamides is 1. The van der Waals surface area contributed by atoms with Gasteiger partial charge in [-0.25, -0.2) is 22.7 Å². The summed E-state index contributed by atoms with van der Waals surface area (Å²) in [6.45, 7) is 1.11. The summed E-state index contributed by atoms with van der Waals surface area (Å²) in [6.07, 6.45) is 0. The number of carbonyl (C=O) groups is 2. The van der Waals surface area contributed by atoms with Crippen molar-refractivity contribution < 1.29 is 31.9 Å². The van der Waals surface area contributed by atoms with E-state index in [9.17, 15) is 22.4 Å². The zero-order valence-electron chi connectivity index (χ0n) is 15.1. The van der Waals surface area contributed by atoms with Crippen LogP contribution in [0.2, 0.25) is 0 Å². The number of benzene rings is 2. The van der Waals surface area contributed by atoms with Crippen molar-refractivity contribution >= 4 is 21.9 Å². The summed E-state index contributed by atoms with van der Waals surface area (Å²) in [5, 5.41) is 7.63. The van der Waals surface area contributed by atoms with Gasteiger partial charge in [-0.2, -0.15) is 0 Å². The summed E-state index contributed by atoms with van der Waals surface area (Å²) >= 11 is 0. The fraction of sp³-hybridized carbons (Fsp3) is 0.222. The quantitative estimate of drug-likeness (QED) is 0.667. The van der Waals surface area contributed by atoms with Crippen LogP contribution in [0.3, 0.4) is 0 Å². The van der Waals surface area contributed by atoms with E-state index >= 15 is 0 Å². The predicted octanol–water partition coefficient (Wildman–Crippen LogP) is 1.52. The third-order valence-corrected chi connectivity index (χ3v) is 4.74. The normalized spacial score (nSPS) is 12.1. The summed E-state index contributed by atoms with van der Waals surface area (Å²) in [7, 11) is -2.50. The first-order chi connectivity index (χ1) is 13.1. The fourth-order valence-electron chi connectivity index (χ4n) is 2.32. The standard InChI is InChI=1S/C18H19FN2O6S/c1-11(12-3-6-14(7-4-12)28(20,24)25)21-17(22)10-27-18(23)13-5-8-16(26-2)15(19)9-13/h3-9,11H,10H2,1-2H3,(H,21,22)(H2,20,24,25)/t11-/m0/s1. The molecule has 0 saturated heterocycles. The Labute approximate surface area is 161 Å². The van der Waals surface area contributed by atoms with Gasteiger partial charge in [0, 0.05) is 0 Å². The fourth-order valence-corrected chi connectivity index (χ4v) is 2.84. The topological polar surface area (TPSA) is 125 Å². The SMILES string of the molecule is COc1ccc(C(=O)OCC(=O)N[C@@H](C)c2ccc(S(N)(=O)=O)cc2)cc1F. The van der Waals surface area contributed by atoms with Crippen molar-refractivity contribution in [3.8, 4) is 5.75 Å². The molecule has 0 unspecified atom stereocenters. The lowest BCUT2D eigenvalue weighted by molar-refractivity contribution is -0.124. The second-order valence-electron chi connectivity index (χ2n) is 5.83. The molecule has 0 radical (unpaired) electrons. The van der Waals surface area contributed by atoms with Gasteiger partial charge in [-0.3, -0.25) is 4.79 Å². The lowest BCUT2D eigenvalue weighted by atomic mass is 10.1. The van der Waals surface area contributed by atoms with Crippen molar-refractivity contribution in [3.05, 3.63) is 59.4 Å². The summed E-state index contributed by atoms with van der Waals surface area (Å²) < 4.78 is 45.7. The molecule has 0 aromatic heterocycles. The molecule has 2 rings (SSSR count). The van der Waals surface area contributed by atoms with Crippen LogP contribution in [0.1, 0.15) is 28.9 Å². The highest BCUT2D eigenvalue weighted by atomic mass is 32.2. The molecule has 10 heteroatoms. The van der Waals surface area contributed by atoms with Gasteiger partial charge in [0.05, 0.1) is 23.6 Å². The number of ether oxygens (including phenoxy) is 2. The van der Waals surface area contributed by atoms with Gasteiger partial charge in [-0.05, 0) is 42.8 Å². The van der Waals surface area contributed by atoms with Crippen LogP contribution in [-0.2, 0) is 19.6 Å². The van der Waals surface area contributed by atoms with Crippen molar-refractivity contribution in [1.82, 2.24) is 5.32 Å². The molecule has 0 aliphatic rings. The molecule has 0 aliphatic carbocycles. The molecule has 0 aliphatic heterocycles. The smallest absolute Gasteiger partial charge is 0.338 e. The van der Waals surface area contributed by atoms with Crippen LogP contribution in [0.4, 0.5) is 4.39 Å². The van der Waals surface area contributed by atoms with Gasteiger partial charge in [-0.1, -0.05) is 12.1 Å². The van der Waals surface area contributed by atoms with Gasteiger partial charge >= 0.3 is 5.97 Å². The molecule has 0 fully saturated rings. The monoisotopic (exact) mass is 410 g/mol. The molecule has 150 valence electrons. The van der Waals surface area contributed by atoms with Crippen LogP contribution in [0.5, 0.6) is 5.75 Å². The van der Waals surface area contributed by atoms with E-state index in [1.54, 1.807) is 6.92 Å². The Morgan fingerprint density at radius 3 is 2.36 bits per heavy atom. The van der Waals surface area contributed by atoms with Crippen LogP contribution in [0, 0.1) is 5.82 Å². The Hall–Kier alpha value is -2.98. The van der Waals surface area contributed by atoms with E-state index in [0.29, 0.717) is 5.56 Å². The Morgan fingerprint density at radius 1 is 1.18 bits per heavy atom. The van der Waals surface area contributed by atoms with E-state index < -0.39 is 40.4 Å². The number of amides is 1. The minimum atomic E-state index is -3.80. The number of hydrogen-bond donors (Lipinski definition) is 2. The molecule has 2 aromatic carbocycles. The number of nitrogens with one attached hydrogen (secondary N) is 1. The van der Waals surface area contributed by atoms with Crippen molar-refractivity contribution in [2.24, 2.45) is 5.14 Å². The van der Waals surface area contributed by atoms with Gasteiger partial charge in [0.15, 0.2) is 18.2 Å². The van der Waals surface area contributed by atoms with Crippen molar-refractivity contribution in [1.29, 1.82) is 0 Å². The zero-order valence-corrected chi connectivity index (χ0v) is 16.0. The number of nitrogens with two attached hydrogens (primary N) is 1. The summed E-state index contributed by atoms with van der Waals surface area (Å²) in [6, 6.07) is 8.75. The molecule has 0 saturated carbocycles. The highest BCUT2D eigenvalue weighted by Gasteiger charge is 2.15. The lowest BCUT2D eigenvalue weighted by Gasteiger charge is -2.15. The Balaban J connectivity index is 1.91. The van der Waals surface area contributed by atoms with Gasteiger partial charge < -0.3 is 14.8 Å². The van der Waals surface area contributed by atoms with Crippen LogP contribution in [0.25, 0.3) is 0 Å². The predicted molar refractivity (Wildman–Crippen MR) is 97.6 cm³/mol.